The van der Waals surface area contributed by atoms with Gasteiger partial charge >= 0.3 is 0 Å². The van der Waals surface area contributed by atoms with Crippen molar-refractivity contribution in [2.24, 2.45) is 0 Å². The van der Waals surface area contributed by atoms with Gasteiger partial charge < -0.3 is 4.98 Å². The van der Waals surface area contributed by atoms with Gasteiger partial charge in [-0.25, -0.2) is 4.98 Å². The highest BCUT2D eigenvalue weighted by Gasteiger charge is 2.24. The number of pyridine rings is 1. The molecule has 2 aromatic heterocycles. The van der Waals surface area contributed by atoms with E-state index in [9.17, 15) is 4.79 Å². The van der Waals surface area contributed by atoms with Crippen molar-refractivity contribution in [3.63, 3.8) is 0 Å². The summed E-state index contributed by atoms with van der Waals surface area (Å²) in [6, 6.07) is 10.3. The summed E-state index contributed by atoms with van der Waals surface area (Å²) in [7, 11) is 0. The summed E-state index contributed by atoms with van der Waals surface area (Å²) in [4.78, 5) is 27.6. The van der Waals surface area contributed by atoms with E-state index < -0.39 is 0 Å². The third-order valence-corrected chi connectivity index (χ3v) is 6.29. The van der Waals surface area contributed by atoms with Crippen LogP contribution in [0.5, 0.6) is 0 Å². The van der Waals surface area contributed by atoms with E-state index in [2.05, 4.69) is 33.1 Å². The number of fused-ring (bicyclic) bond motifs is 2. The quantitative estimate of drug-likeness (QED) is 0.755. The second-order valence-corrected chi connectivity index (χ2v) is 8.16. The first-order chi connectivity index (χ1) is 13.8. The lowest BCUT2D eigenvalue weighted by Crippen LogP contribution is -2.36. The van der Waals surface area contributed by atoms with E-state index in [1.165, 1.54) is 30.2 Å². The molecule has 3 aromatic rings. The van der Waals surface area contributed by atoms with Crippen LogP contribution >= 0.6 is 0 Å². The molecule has 1 aliphatic heterocycles. The summed E-state index contributed by atoms with van der Waals surface area (Å²) in [5, 5.41) is 1.19. The Morgan fingerprint density at radius 2 is 1.96 bits per heavy atom. The Kier molecular flexibility index (Phi) is 4.69. The maximum absolute atomic E-state index is 12.8. The number of aromatic amines is 1. The van der Waals surface area contributed by atoms with Crippen LogP contribution in [0.3, 0.4) is 0 Å². The normalized spacial score (nSPS) is 18.3. The summed E-state index contributed by atoms with van der Waals surface area (Å²) in [5.41, 5.74) is 4.21. The zero-order chi connectivity index (χ0) is 18.9. The first-order valence-corrected chi connectivity index (χ1v) is 10.4. The molecule has 5 heteroatoms. The van der Waals surface area contributed by atoms with Crippen LogP contribution in [0.15, 0.2) is 41.3 Å². The Morgan fingerprint density at radius 3 is 2.86 bits per heavy atom. The van der Waals surface area contributed by atoms with Crippen LogP contribution < -0.4 is 5.56 Å². The smallest absolute Gasteiger partial charge is 0.255 e. The summed E-state index contributed by atoms with van der Waals surface area (Å²) in [6.45, 7) is 2.43. The molecule has 0 spiro atoms. The second-order valence-electron chi connectivity index (χ2n) is 8.16. The molecule has 3 heterocycles. The van der Waals surface area contributed by atoms with E-state index in [1.807, 2.05) is 18.3 Å². The Balaban J connectivity index is 1.38. The van der Waals surface area contributed by atoms with Gasteiger partial charge in [-0.15, -0.1) is 0 Å². The van der Waals surface area contributed by atoms with Crippen molar-refractivity contribution in [2.45, 2.75) is 57.5 Å². The molecule has 0 unspecified atom stereocenters. The van der Waals surface area contributed by atoms with E-state index in [0.717, 1.165) is 55.0 Å². The summed E-state index contributed by atoms with van der Waals surface area (Å²) in [5.74, 6) is 1.37. The van der Waals surface area contributed by atoms with Crippen molar-refractivity contribution in [1.82, 2.24) is 19.9 Å². The van der Waals surface area contributed by atoms with Gasteiger partial charge in [-0.3, -0.25) is 14.7 Å². The minimum atomic E-state index is 0.0647. The average molecular weight is 374 g/mol. The van der Waals surface area contributed by atoms with Crippen LogP contribution in [0.1, 0.15) is 60.7 Å². The van der Waals surface area contributed by atoms with Gasteiger partial charge in [-0.1, -0.05) is 37.5 Å². The van der Waals surface area contributed by atoms with Crippen LogP contribution in [-0.4, -0.2) is 26.4 Å². The number of nitrogens with one attached hydrogen (secondary N) is 1. The maximum Gasteiger partial charge on any atom is 0.255 e. The molecule has 0 saturated heterocycles. The first kappa shape index (κ1) is 17.6. The molecule has 28 heavy (non-hydrogen) atoms. The largest absolute Gasteiger partial charge is 0.310 e. The Hall–Kier alpha value is -2.53. The van der Waals surface area contributed by atoms with E-state index in [0.29, 0.717) is 12.5 Å². The number of para-hydroxylation sites is 1. The van der Waals surface area contributed by atoms with Crippen molar-refractivity contribution >= 4 is 10.9 Å². The summed E-state index contributed by atoms with van der Waals surface area (Å²) >= 11 is 0. The Morgan fingerprint density at radius 1 is 1.11 bits per heavy atom. The molecule has 2 aliphatic rings. The van der Waals surface area contributed by atoms with E-state index in [-0.39, 0.29) is 5.56 Å². The molecule has 144 valence electrons. The minimum absolute atomic E-state index is 0.0647. The van der Waals surface area contributed by atoms with Crippen molar-refractivity contribution in [1.29, 1.82) is 0 Å². The van der Waals surface area contributed by atoms with Gasteiger partial charge in [-0.2, -0.15) is 0 Å². The minimum Gasteiger partial charge on any atom is -0.310 e. The van der Waals surface area contributed by atoms with Gasteiger partial charge in [0.2, 0.25) is 0 Å². The molecular weight excluding hydrogens is 348 g/mol. The lowest BCUT2D eigenvalue weighted by atomic mass is 9.88. The fourth-order valence-corrected chi connectivity index (χ4v) is 4.74. The fraction of sp³-hybridized carbons (Fsp3) is 0.435. The Bertz CT molecular complexity index is 1050. The zero-order valence-electron chi connectivity index (χ0n) is 16.2. The number of nitrogens with zero attached hydrogens (tertiary/aromatic N) is 3. The average Bonchev–Trinajstić information content (AvgIpc) is 2.75. The molecule has 1 saturated carbocycles. The van der Waals surface area contributed by atoms with Gasteiger partial charge in [0, 0.05) is 43.6 Å². The van der Waals surface area contributed by atoms with E-state index in [4.69, 9.17) is 4.98 Å². The second kappa shape index (κ2) is 7.47. The molecule has 0 bridgehead atoms. The van der Waals surface area contributed by atoms with Gasteiger partial charge in [0.25, 0.3) is 5.56 Å². The standard InChI is InChI=1S/C23H26N4O/c28-23-19-15-27(14-17-10-12-24-20-9-5-4-8-18(17)20)13-11-21(19)25-22(26-23)16-6-2-1-3-7-16/h4-5,8-10,12,16H,1-3,6-7,11,13-15H2,(H,25,26,28). The lowest BCUT2D eigenvalue weighted by molar-refractivity contribution is 0.242. The SMILES string of the molecule is O=c1[nH]c(C2CCCCC2)nc2c1CN(Cc1ccnc3ccccc13)CC2. The number of aromatic nitrogens is 3. The molecule has 0 amide bonds. The molecular formula is C23H26N4O. The van der Waals surface area contributed by atoms with Crippen LogP contribution in [0.4, 0.5) is 0 Å². The number of hydrogen-bond acceptors (Lipinski definition) is 4. The molecule has 0 atom stereocenters. The highest BCUT2D eigenvalue weighted by molar-refractivity contribution is 5.81. The van der Waals surface area contributed by atoms with E-state index in [1.54, 1.807) is 0 Å². The lowest BCUT2D eigenvalue weighted by Gasteiger charge is -2.29. The topological polar surface area (TPSA) is 61.9 Å². The first-order valence-electron chi connectivity index (χ1n) is 10.4. The van der Waals surface area contributed by atoms with Crippen molar-refractivity contribution in [2.75, 3.05) is 6.54 Å². The van der Waals surface area contributed by atoms with Crippen LogP contribution in [0, 0.1) is 0 Å². The highest BCUT2D eigenvalue weighted by atomic mass is 16.1. The fourth-order valence-electron chi connectivity index (χ4n) is 4.74. The third-order valence-electron chi connectivity index (χ3n) is 6.29. The maximum atomic E-state index is 12.8. The number of H-pyrrole nitrogens is 1. The van der Waals surface area contributed by atoms with Gasteiger partial charge in [-0.05, 0) is 30.5 Å². The highest BCUT2D eigenvalue weighted by Crippen LogP contribution is 2.31. The van der Waals surface area contributed by atoms with Gasteiger partial charge in [0.15, 0.2) is 0 Å². The van der Waals surface area contributed by atoms with Crippen LogP contribution in [-0.2, 0) is 19.5 Å². The number of rotatable bonds is 3. The number of hydrogen-bond donors (Lipinski definition) is 1. The van der Waals surface area contributed by atoms with E-state index >= 15 is 0 Å². The summed E-state index contributed by atoms with van der Waals surface area (Å²) in [6.07, 6.45) is 8.84. The molecule has 1 fully saturated rings. The van der Waals surface area contributed by atoms with Crippen molar-refractivity contribution in [3.05, 3.63) is 69.5 Å². The van der Waals surface area contributed by atoms with Crippen molar-refractivity contribution < 1.29 is 0 Å². The molecule has 0 radical (unpaired) electrons. The monoisotopic (exact) mass is 374 g/mol. The number of benzene rings is 1. The predicted octanol–water partition coefficient (Wildman–Crippen LogP) is 3.92. The molecule has 5 nitrogen and oxygen atoms in total. The molecule has 5 rings (SSSR count). The van der Waals surface area contributed by atoms with Gasteiger partial charge in [0.05, 0.1) is 16.8 Å². The molecule has 1 aromatic carbocycles. The zero-order valence-corrected chi connectivity index (χ0v) is 16.2. The Labute approximate surface area is 164 Å². The molecule has 1 N–H and O–H groups in total. The summed E-state index contributed by atoms with van der Waals surface area (Å²) < 4.78 is 0. The van der Waals surface area contributed by atoms with Crippen LogP contribution in [0.25, 0.3) is 10.9 Å². The molecule has 1 aliphatic carbocycles. The van der Waals surface area contributed by atoms with Crippen molar-refractivity contribution in [3.8, 4) is 0 Å². The third kappa shape index (κ3) is 3.35. The van der Waals surface area contributed by atoms with Gasteiger partial charge in [0.1, 0.15) is 5.82 Å². The predicted molar refractivity (Wildman–Crippen MR) is 110 cm³/mol. The van der Waals surface area contributed by atoms with Crippen LogP contribution in [0.2, 0.25) is 0 Å².